The lowest BCUT2D eigenvalue weighted by molar-refractivity contribution is -0.139. The molecule has 2 N–H and O–H groups in total. The predicted octanol–water partition coefficient (Wildman–Crippen LogP) is 1.34. The van der Waals surface area contributed by atoms with Gasteiger partial charge in [-0.1, -0.05) is 6.92 Å². The fraction of sp³-hybridized carbons (Fsp3) is 0.833. The third-order valence-corrected chi connectivity index (χ3v) is 1.18. The van der Waals surface area contributed by atoms with E-state index in [2.05, 4.69) is 0 Å². The van der Waals surface area contributed by atoms with Crippen molar-refractivity contribution in [3.05, 3.63) is 0 Å². The Hall–Kier alpha value is -0.940. The first kappa shape index (κ1) is 11.1. The highest BCUT2D eigenvalue weighted by Gasteiger charge is 2.31. The molecule has 0 aliphatic rings. The summed E-state index contributed by atoms with van der Waals surface area (Å²) in [6.07, 6.45) is -3.91. The van der Waals surface area contributed by atoms with E-state index in [9.17, 15) is 18.0 Å². The van der Waals surface area contributed by atoms with Crippen LogP contribution in [-0.4, -0.2) is 30.2 Å². The molecule has 0 atom stereocenters. The van der Waals surface area contributed by atoms with Crippen LogP contribution in [-0.2, 0) is 0 Å². The van der Waals surface area contributed by atoms with E-state index < -0.39 is 18.8 Å². The Morgan fingerprint density at radius 3 is 2.25 bits per heavy atom. The molecule has 12 heavy (non-hydrogen) atoms. The van der Waals surface area contributed by atoms with Gasteiger partial charge in [0.15, 0.2) is 0 Å². The Balaban J connectivity index is 4.05. The number of alkyl halides is 3. The molecule has 0 aliphatic carbocycles. The van der Waals surface area contributed by atoms with Gasteiger partial charge >= 0.3 is 12.2 Å². The summed E-state index contributed by atoms with van der Waals surface area (Å²) < 4.78 is 35.2. The highest BCUT2D eigenvalue weighted by Crippen LogP contribution is 2.16. The van der Waals surface area contributed by atoms with Crippen molar-refractivity contribution in [1.82, 2.24) is 4.90 Å². The van der Waals surface area contributed by atoms with Crippen LogP contribution in [0.3, 0.4) is 0 Å². The van der Waals surface area contributed by atoms with Crippen molar-refractivity contribution in [2.45, 2.75) is 19.5 Å². The van der Waals surface area contributed by atoms with Crippen molar-refractivity contribution < 1.29 is 18.0 Å². The summed E-state index contributed by atoms with van der Waals surface area (Å²) in [5.41, 5.74) is 4.72. The molecule has 0 spiro atoms. The van der Waals surface area contributed by atoms with Gasteiger partial charge in [-0.15, -0.1) is 0 Å². The van der Waals surface area contributed by atoms with Crippen LogP contribution < -0.4 is 5.73 Å². The Morgan fingerprint density at radius 1 is 1.50 bits per heavy atom. The zero-order valence-corrected chi connectivity index (χ0v) is 6.69. The lowest BCUT2D eigenvalue weighted by Crippen LogP contribution is -2.42. The second-order valence-electron chi connectivity index (χ2n) is 2.37. The van der Waals surface area contributed by atoms with Crippen LogP contribution in [0.15, 0.2) is 0 Å². The number of rotatable bonds is 3. The van der Waals surface area contributed by atoms with E-state index in [1.807, 2.05) is 0 Å². The molecule has 0 fully saturated rings. The minimum Gasteiger partial charge on any atom is -0.351 e. The molecule has 0 aromatic rings. The number of hydrogen-bond donors (Lipinski definition) is 1. The number of hydrogen-bond acceptors (Lipinski definition) is 1. The van der Waals surface area contributed by atoms with Gasteiger partial charge in [0, 0.05) is 6.54 Å². The summed E-state index contributed by atoms with van der Waals surface area (Å²) >= 11 is 0. The smallest absolute Gasteiger partial charge is 0.351 e. The zero-order valence-electron chi connectivity index (χ0n) is 6.69. The van der Waals surface area contributed by atoms with Gasteiger partial charge in [-0.25, -0.2) is 4.79 Å². The fourth-order valence-electron chi connectivity index (χ4n) is 0.754. The number of amides is 2. The number of halogens is 3. The Labute approximate surface area is 68.3 Å². The van der Waals surface area contributed by atoms with Crippen molar-refractivity contribution in [3.8, 4) is 0 Å². The molecule has 0 aliphatic heterocycles. The zero-order chi connectivity index (χ0) is 9.78. The first-order valence-corrected chi connectivity index (χ1v) is 3.48. The number of primary amides is 1. The average Bonchev–Trinajstić information content (AvgIpc) is 1.83. The lowest BCUT2D eigenvalue weighted by Gasteiger charge is -2.20. The molecule has 2 amide bonds. The van der Waals surface area contributed by atoms with Crippen molar-refractivity contribution in [2.24, 2.45) is 5.73 Å². The minimum absolute atomic E-state index is 0.0366. The Kier molecular flexibility index (Phi) is 3.85. The third kappa shape index (κ3) is 4.81. The molecule has 6 heteroatoms. The van der Waals surface area contributed by atoms with Crippen molar-refractivity contribution in [2.75, 3.05) is 13.1 Å². The first-order chi connectivity index (χ1) is 5.37. The van der Waals surface area contributed by atoms with Gasteiger partial charge < -0.3 is 10.6 Å². The molecule has 0 saturated carbocycles. The number of carbonyl (C=O) groups excluding carboxylic acids is 1. The summed E-state index contributed by atoms with van der Waals surface area (Å²) in [6.45, 7) is 0.442. The minimum atomic E-state index is -4.37. The molecule has 0 rings (SSSR count). The monoisotopic (exact) mass is 184 g/mol. The normalized spacial score (nSPS) is 11.3. The van der Waals surface area contributed by atoms with Crippen LogP contribution >= 0.6 is 0 Å². The van der Waals surface area contributed by atoms with Crippen LogP contribution in [0.2, 0.25) is 0 Å². The average molecular weight is 184 g/mol. The quantitative estimate of drug-likeness (QED) is 0.706. The van der Waals surface area contributed by atoms with Crippen LogP contribution in [0.1, 0.15) is 13.3 Å². The molecule has 0 aromatic carbocycles. The number of carbonyl (C=O) groups is 1. The van der Waals surface area contributed by atoms with E-state index in [-0.39, 0.29) is 6.54 Å². The van der Waals surface area contributed by atoms with Crippen molar-refractivity contribution in [3.63, 3.8) is 0 Å². The molecule has 0 unspecified atom stereocenters. The van der Waals surface area contributed by atoms with Crippen LogP contribution in [0.5, 0.6) is 0 Å². The Bertz CT molecular complexity index is 157. The van der Waals surface area contributed by atoms with Gasteiger partial charge in [0.05, 0.1) is 0 Å². The standard InChI is InChI=1S/C6H11F3N2O/c1-2-3-11(5(10)12)4-6(7,8)9/h2-4H2,1H3,(H2,10,12). The fourth-order valence-corrected chi connectivity index (χ4v) is 0.754. The van der Waals surface area contributed by atoms with Gasteiger partial charge in [0.1, 0.15) is 6.54 Å². The van der Waals surface area contributed by atoms with Gasteiger partial charge in [0.25, 0.3) is 0 Å². The SMILES string of the molecule is CCCN(CC(F)(F)F)C(N)=O. The summed E-state index contributed by atoms with van der Waals surface area (Å²) in [5, 5.41) is 0. The first-order valence-electron chi connectivity index (χ1n) is 3.48. The van der Waals surface area contributed by atoms with E-state index in [0.29, 0.717) is 11.3 Å². The van der Waals surface area contributed by atoms with Crippen LogP contribution in [0.25, 0.3) is 0 Å². The van der Waals surface area contributed by atoms with Gasteiger partial charge in [-0.3, -0.25) is 0 Å². The number of nitrogens with two attached hydrogens (primary N) is 1. The molecule has 0 aromatic heterocycles. The molecule has 3 nitrogen and oxygen atoms in total. The van der Waals surface area contributed by atoms with Gasteiger partial charge in [-0.05, 0) is 6.42 Å². The van der Waals surface area contributed by atoms with Crippen molar-refractivity contribution in [1.29, 1.82) is 0 Å². The summed E-state index contributed by atoms with van der Waals surface area (Å²) in [4.78, 5) is 11.0. The molecule has 0 radical (unpaired) electrons. The number of nitrogens with zero attached hydrogens (tertiary/aromatic N) is 1. The highest BCUT2D eigenvalue weighted by molar-refractivity contribution is 5.71. The van der Waals surface area contributed by atoms with Crippen LogP contribution in [0, 0.1) is 0 Å². The molecule has 0 saturated heterocycles. The lowest BCUT2D eigenvalue weighted by atomic mass is 10.4. The molecular weight excluding hydrogens is 173 g/mol. The largest absolute Gasteiger partial charge is 0.406 e. The molecule has 0 bridgehead atoms. The van der Waals surface area contributed by atoms with E-state index in [1.165, 1.54) is 0 Å². The van der Waals surface area contributed by atoms with E-state index in [1.54, 1.807) is 6.92 Å². The molecular formula is C6H11F3N2O. The maximum Gasteiger partial charge on any atom is 0.406 e. The van der Waals surface area contributed by atoms with Gasteiger partial charge in [-0.2, -0.15) is 13.2 Å². The second kappa shape index (κ2) is 4.18. The summed E-state index contributed by atoms with van der Waals surface area (Å²) in [5.74, 6) is 0. The topological polar surface area (TPSA) is 46.3 Å². The third-order valence-electron chi connectivity index (χ3n) is 1.18. The van der Waals surface area contributed by atoms with Gasteiger partial charge in [0.2, 0.25) is 0 Å². The van der Waals surface area contributed by atoms with E-state index in [4.69, 9.17) is 5.73 Å². The summed E-state index contributed by atoms with van der Waals surface area (Å²) in [7, 11) is 0. The molecule has 72 valence electrons. The van der Waals surface area contributed by atoms with E-state index in [0.717, 1.165) is 0 Å². The highest BCUT2D eigenvalue weighted by atomic mass is 19.4. The number of urea groups is 1. The predicted molar refractivity (Wildman–Crippen MR) is 37.5 cm³/mol. The van der Waals surface area contributed by atoms with Crippen molar-refractivity contribution >= 4 is 6.03 Å². The van der Waals surface area contributed by atoms with E-state index >= 15 is 0 Å². The maximum absolute atomic E-state index is 11.7. The second-order valence-corrected chi connectivity index (χ2v) is 2.37. The molecule has 0 heterocycles. The Morgan fingerprint density at radius 2 is 2.00 bits per heavy atom. The summed E-state index contributed by atoms with van der Waals surface area (Å²) in [6, 6.07) is -1.03. The maximum atomic E-state index is 11.7. The van der Waals surface area contributed by atoms with Crippen LogP contribution in [0.4, 0.5) is 18.0 Å².